The van der Waals surface area contributed by atoms with E-state index in [0.29, 0.717) is 83.6 Å². The Bertz CT molecular complexity index is 4110. The van der Waals surface area contributed by atoms with E-state index in [2.05, 4.69) is 149 Å². The van der Waals surface area contributed by atoms with Crippen LogP contribution in [0.1, 0.15) is 313 Å². The van der Waals surface area contributed by atoms with E-state index >= 15 is 0 Å². The van der Waals surface area contributed by atoms with Crippen molar-refractivity contribution in [1.29, 1.82) is 0 Å². The van der Waals surface area contributed by atoms with Gasteiger partial charge < -0.3 is 67.8 Å². The number of amides is 2. The SMILES string of the molecule is CCC(=O)O.CCCCCCCCCCCCCC[C@@H](OCc1ccccc1)[C@@H](OCc1ccccc1)[C@H](CO[C@H]1OC(COCc2ccccc2)[C@H](C)[C@H](C)C1C)N=[N+]=[N-].CCCCCCCCCCCCCC[C@@H](OCc1ccccc1)[C@@H](OCc1ccccc1)[C@H](CO[C@H]1OC(COCc2ccccc2)[C@H](C)[C@H](C)C1C)NC(=O)CCCCCCCNC(=O)OCc1ccccc1. The quantitative estimate of drug-likeness (QED) is 0.0139. The molecule has 2 aliphatic rings. The topological polar surface area (TPSA) is 246 Å². The van der Waals surface area contributed by atoms with Gasteiger partial charge in [0.25, 0.3) is 0 Å². The Labute approximate surface area is 812 Å². The minimum absolute atomic E-state index is 0.0336. The van der Waals surface area contributed by atoms with Gasteiger partial charge in [0.05, 0.1) is 109 Å². The Kier molecular flexibility index (Phi) is 60.6. The Morgan fingerprint density at radius 3 is 1.05 bits per heavy atom. The molecule has 16 atom stereocenters. The molecule has 20 heteroatoms. The molecule has 0 spiro atoms. The number of nitrogens with zero attached hydrogens (tertiary/aromatic N) is 3. The molecule has 0 bridgehead atoms. The summed E-state index contributed by atoms with van der Waals surface area (Å²) in [5.41, 5.74) is 17.4. The van der Waals surface area contributed by atoms with Crippen LogP contribution in [0.4, 0.5) is 4.79 Å². The van der Waals surface area contributed by atoms with E-state index in [1.165, 1.54) is 128 Å². The van der Waals surface area contributed by atoms with Gasteiger partial charge in [0.15, 0.2) is 12.6 Å². The average Bonchev–Trinajstić information content (AvgIpc) is 0.812. The first-order chi connectivity index (χ1) is 66.1. The summed E-state index contributed by atoms with van der Waals surface area (Å²) < 4.78 is 72.2. The second-order valence-electron chi connectivity index (χ2n) is 37.7. The molecule has 2 heterocycles. The van der Waals surface area contributed by atoms with E-state index in [0.717, 1.165) is 110 Å². The second-order valence-corrected chi connectivity index (χ2v) is 37.7. The standard InChI is InChI=1S/C64H94N2O8.C48H71N3O5.C3H6O2/c1-5-6-7-8-9-10-11-12-13-14-16-31-42-59(70-46-55-36-25-20-26-37-55)62(71-47-56-38-27-21-28-39-56)58(49-72-63-53(4)51(2)52(3)60(74-63)50-69-45-54-34-23-19-24-35-54)66-61(67)43-32-17-15-18-33-44-65-64(68)73-48-57-40-29-22-30-41-57;1-5-6-7-8-9-10-11-12-13-14-15-25-32-45(53-34-42-28-21-17-22-29-42)47(54-35-43-30-23-18-24-31-43)44(50-51-49)36-55-48-40(4)38(2)39(3)46(56-48)37-52-33-41-26-19-16-20-27-41;1-2-3(4)5/h19-30,34-41,51-53,58-60,62-63H,5-18,31-33,42-50H2,1-4H3,(H,65,68)(H,66,67);16-24,26-31,38-40,44-48H,5-15,25,32-37H2,1-4H3;2H2,1H3,(H,4,5)/t51-,52+,53?,58-,59+,60?,62-,63-;38-,39+,40?,44-,45+,46?,47-,48-;/m00./s1. The van der Waals surface area contributed by atoms with Crippen molar-refractivity contribution in [2.75, 3.05) is 33.0 Å². The van der Waals surface area contributed by atoms with Crippen molar-refractivity contribution in [3.8, 4) is 0 Å². The van der Waals surface area contributed by atoms with E-state index in [1.54, 1.807) is 6.92 Å². The Balaban J connectivity index is 0.000000362. The summed E-state index contributed by atoms with van der Waals surface area (Å²) in [6.45, 7) is 24.3. The molecule has 2 aliphatic heterocycles. The lowest BCUT2D eigenvalue weighted by molar-refractivity contribution is -0.262. The van der Waals surface area contributed by atoms with Crippen LogP contribution in [0.3, 0.4) is 0 Å². The number of aliphatic carboxylic acids is 1. The largest absolute Gasteiger partial charge is 0.481 e. The molecule has 746 valence electrons. The smallest absolute Gasteiger partial charge is 0.407 e. The minimum Gasteiger partial charge on any atom is -0.481 e. The molecule has 4 unspecified atom stereocenters. The summed E-state index contributed by atoms with van der Waals surface area (Å²) in [6.07, 6.45) is 33.9. The molecule has 0 aliphatic carbocycles. The number of nitrogens with one attached hydrogen (secondary N) is 2. The molecular formula is C115H171N5O15. The number of azide groups is 1. The summed E-state index contributed by atoms with van der Waals surface area (Å²) in [7, 11) is 0. The van der Waals surface area contributed by atoms with Crippen molar-refractivity contribution in [3.05, 3.63) is 262 Å². The van der Waals surface area contributed by atoms with E-state index in [4.69, 9.17) is 57.2 Å². The van der Waals surface area contributed by atoms with Crippen molar-refractivity contribution in [2.45, 2.75) is 382 Å². The second kappa shape index (κ2) is 72.0. The number of carbonyl (C=O) groups excluding carboxylic acids is 2. The number of alkyl carbamates (subject to hydrolysis) is 1. The Hall–Kier alpha value is -8.34. The first-order valence-corrected chi connectivity index (χ1v) is 52.0. The molecule has 7 aromatic rings. The number of ether oxygens (including phenoxy) is 11. The fraction of sp³-hybridized carbons (Fsp3) is 0.609. The normalized spacial score (nSPS) is 19.4. The van der Waals surface area contributed by atoms with Gasteiger partial charge in [-0.25, -0.2) is 4.79 Å². The van der Waals surface area contributed by atoms with Gasteiger partial charge in [0.2, 0.25) is 5.91 Å². The average molecular weight is 1860 g/mol. The summed E-state index contributed by atoms with van der Waals surface area (Å²) in [5, 5.41) is 18.4. The van der Waals surface area contributed by atoms with Crippen molar-refractivity contribution in [2.24, 2.45) is 40.6 Å². The molecule has 7 aromatic carbocycles. The predicted octanol–water partition coefficient (Wildman–Crippen LogP) is 28.1. The zero-order valence-electron chi connectivity index (χ0n) is 83.8. The molecule has 2 amide bonds. The maximum atomic E-state index is 14.2. The first-order valence-electron chi connectivity index (χ1n) is 52.0. The van der Waals surface area contributed by atoms with Gasteiger partial charge in [-0.2, -0.15) is 0 Å². The zero-order valence-corrected chi connectivity index (χ0v) is 83.8. The molecule has 135 heavy (non-hydrogen) atoms. The highest BCUT2D eigenvalue weighted by molar-refractivity contribution is 5.76. The maximum absolute atomic E-state index is 14.2. The van der Waals surface area contributed by atoms with Crippen LogP contribution in [0.5, 0.6) is 0 Å². The summed E-state index contributed by atoms with van der Waals surface area (Å²) >= 11 is 0. The van der Waals surface area contributed by atoms with Gasteiger partial charge in [0, 0.05) is 36.1 Å². The summed E-state index contributed by atoms with van der Waals surface area (Å²) in [6, 6.07) is 70.0. The third-order valence-electron chi connectivity index (χ3n) is 26.9. The van der Waals surface area contributed by atoms with Crippen molar-refractivity contribution < 1.29 is 71.6 Å². The molecule has 0 saturated carbocycles. The lowest BCUT2D eigenvalue weighted by Gasteiger charge is -2.44. The van der Waals surface area contributed by atoms with Gasteiger partial charge in [0.1, 0.15) is 12.7 Å². The van der Waals surface area contributed by atoms with Gasteiger partial charge in [-0.3, -0.25) is 9.59 Å². The number of hydrogen-bond acceptors (Lipinski definition) is 15. The molecular weight excluding hydrogens is 1690 g/mol. The van der Waals surface area contributed by atoms with Gasteiger partial charge in [-0.1, -0.05) is 453 Å². The Morgan fingerprint density at radius 1 is 0.378 bits per heavy atom. The van der Waals surface area contributed by atoms with E-state index in [-0.39, 0.29) is 74.3 Å². The number of hydrogen-bond donors (Lipinski definition) is 3. The van der Waals surface area contributed by atoms with Gasteiger partial charge in [-0.15, -0.1) is 0 Å². The molecule has 0 radical (unpaired) electrons. The highest BCUT2D eigenvalue weighted by Crippen LogP contribution is 2.39. The molecule has 0 aromatic heterocycles. The third-order valence-corrected chi connectivity index (χ3v) is 26.9. The van der Waals surface area contributed by atoms with Crippen LogP contribution in [0.2, 0.25) is 0 Å². The lowest BCUT2D eigenvalue weighted by atomic mass is 9.79. The van der Waals surface area contributed by atoms with Crippen LogP contribution in [0, 0.1) is 35.5 Å². The number of carboxylic acids is 1. The Morgan fingerprint density at radius 2 is 0.689 bits per heavy atom. The number of carboxylic acid groups (broad SMARTS) is 1. The number of unbranched alkanes of at least 4 members (excludes halogenated alkanes) is 26. The minimum atomic E-state index is -0.745. The maximum Gasteiger partial charge on any atom is 0.407 e. The molecule has 2 saturated heterocycles. The van der Waals surface area contributed by atoms with Crippen molar-refractivity contribution in [1.82, 2.24) is 10.6 Å². The fourth-order valence-electron chi connectivity index (χ4n) is 17.6. The van der Waals surface area contributed by atoms with Crippen molar-refractivity contribution in [3.63, 3.8) is 0 Å². The zero-order chi connectivity index (χ0) is 96.2. The van der Waals surface area contributed by atoms with Gasteiger partial charge >= 0.3 is 12.1 Å². The highest BCUT2D eigenvalue weighted by atomic mass is 16.7. The number of rotatable bonds is 69. The lowest BCUT2D eigenvalue weighted by Crippen LogP contribution is -2.54. The first kappa shape index (κ1) is 114. The third kappa shape index (κ3) is 48.7. The summed E-state index contributed by atoms with van der Waals surface area (Å²) in [5.74, 6) is 0.681. The summed E-state index contributed by atoms with van der Waals surface area (Å²) in [4.78, 5) is 39.1. The van der Waals surface area contributed by atoms with Crippen LogP contribution in [-0.2, 0) is 108 Å². The van der Waals surface area contributed by atoms with E-state index < -0.39 is 48.9 Å². The molecule has 3 N–H and O–H groups in total. The highest BCUT2D eigenvalue weighted by Gasteiger charge is 2.44. The van der Waals surface area contributed by atoms with Crippen LogP contribution < -0.4 is 10.6 Å². The van der Waals surface area contributed by atoms with Crippen LogP contribution in [-0.4, -0.2) is 117 Å². The molecule has 2 fully saturated rings. The fourth-order valence-corrected chi connectivity index (χ4v) is 17.6. The van der Waals surface area contributed by atoms with E-state index in [9.17, 15) is 19.9 Å². The molecule has 9 rings (SSSR count). The van der Waals surface area contributed by atoms with Crippen molar-refractivity contribution >= 4 is 18.0 Å². The van der Waals surface area contributed by atoms with Crippen LogP contribution in [0.15, 0.2) is 217 Å². The number of benzene rings is 7. The monoisotopic (exact) mass is 1860 g/mol. The number of carbonyl (C=O) groups is 3. The van der Waals surface area contributed by atoms with Gasteiger partial charge in [-0.05, 0) is 93.8 Å². The van der Waals surface area contributed by atoms with E-state index in [1.807, 2.05) is 140 Å². The molecule has 20 nitrogen and oxygen atoms in total. The predicted molar refractivity (Wildman–Crippen MR) is 543 cm³/mol. The van der Waals surface area contributed by atoms with Crippen LogP contribution in [0.25, 0.3) is 10.4 Å². The van der Waals surface area contributed by atoms with Crippen LogP contribution >= 0.6 is 0 Å².